The number of nitrogens with zero attached hydrogens (tertiary/aromatic N) is 1. The standard InChI is InChI=1S/C20H33N3O4S/c1-4-17(3)19(22-28(25,26)18-8-6-16(2)7-9-18)20(24)21-10-5-11-23-12-14-27-15-13-23/h6-9,17,19,22H,4-5,10-15H2,1-3H3,(H,21,24)/t17-,19+/m1/s1. The van der Waals surface area contributed by atoms with Gasteiger partial charge >= 0.3 is 0 Å². The molecule has 2 N–H and O–H groups in total. The number of carbonyl (C=O) groups excluding carboxylic acids is 1. The predicted molar refractivity (Wildman–Crippen MR) is 110 cm³/mol. The molecule has 1 amide bonds. The molecule has 0 unspecified atom stereocenters. The molecule has 0 saturated carbocycles. The van der Waals surface area contributed by atoms with Crippen molar-refractivity contribution in [1.29, 1.82) is 0 Å². The first kappa shape index (κ1) is 22.8. The Balaban J connectivity index is 1.92. The first-order valence-corrected chi connectivity index (χ1v) is 11.5. The van der Waals surface area contributed by atoms with Crippen LogP contribution < -0.4 is 10.0 Å². The third kappa shape index (κ3) is 6.84. The van der Waals surface area contributed by atoms with Gasteiger partial charge in [0.2, 0.25) is 15.9 Å². The van der Waals surface area contributed by atoms with Crippen molar-refractivity contribution < 1.29 is 17.9 Å². The Hall–Kier alpha value is -1.48. The summed E-state index contributed by atoms with van der Waals surface area (Å²) in [6.07, 6.45) is 1.52. The molecule has 0 aliphatic carbocycles. The predicted octanol–water partition coefficient (Wildman–Crippen LogP) is 1.53. The van der Waals surface area contributed by atoms with Crippen LogP contribution in [0.1, 0.15) is 32.3 Å². The third-order valence-electron chi connectivity index (χ3n) is 5.16. The summed E-state index contributed by atoms with van der Waals surface area (Å²) in [7, 11) is -3.76. The molecule has 1 aromatic carbocycles. The minimum atomic E-state index is -3.76. The second kappa shape index (κ2) is 10.9. The van der Waals surface area contributed by atoms with Crippen LogP contribution in [0.15, 0.2) is 29.2 Å². The lowest BCUT2D eigenvalue weighted by atomic mass is 9.99. The zero-order valence-corrected chi connectivity index (χ0v) is 17.9. The van der Waals surface area contributed by atoms with Crippen molar-refractivity contribution in [3.63, 3.8) is 0 Å². The van der Waals surface area contributed by atoms with Crippen LogP contribution in [0.3, 0.4) is 0 Å². The molecule has 0 radical (unpaired) electrons. The maximum absolute atomic E-state index is 12.7. The second-order valence-corrected chi connectivity index (χ2v) is 9.11. The topological polar surface area (TPSA) is 87.7 Å². The van der Waals surface area contributed by atoms with Gasteiger partial charge < -0.3 is 10.1 Å². The van der Waals surface area contributed by atoms with Crippen LogP contribution in [0.5, 0.6) is 0 Å². The van der Waals surface area contributed by atoms with Gasteiger partial charge in [0.25, 0.3) is 0 Å². The highest BCUT2D eigenvalue weighted by atomic mass is 32.2. The molecule has 1 aliphatic heterocycles. The Morgan fingerprint density at radius 2 is 1.86 bits per heavy atom. The molecule has 28 heavy (non-hydrogen) atoms. The molecule has 0 aromatic heterocycles. The summed E-state index contributed by atoms with van der Waals surface area (Å²) in [5.74, 6) is -0.383. The van der Waals surface area contributed by atoms with Crippen LogP contribution in [0.25, 0.3) is 0 Å². The molecule has 158 valence electrons. The van der Waals surface area contributed by atoms with Crippen LogP contribution in [-0.2, 0) is 19.6 Å². The van der Waals surface area contributed by atoms with Gasteiger partial charge in [0.05, 0.1) is 18.1 Å². The van der Waals surface area contributed by atoms with Gasteiger partial charge in [-0.3, -0.25) is 9.69 Å². The fraction of sp³-hybridized carbons (Fsp3) is 0.650. The lowest BCUT2D eigenvalue weighted by Crippen LogP contribution is -2.50. The molecule has 1 fully saturated rings. The molecule has 1 aliphatic rings. The highest BCUT2D eigenvalue weighted by molar-refractivity contribution is 7.89. The van der Waals surface area contributed by atoms with E-state index in [0.717, 1.165) is 44.8 Å². The van der Waals surface area contributed by atoms with Crippen molar-refractivity contribution in [2.24, 2.45) is 5.92 Å². The third-order valence-corrected chi connectivity index (χ3v) is 6.62. The van der Waals surface area contributed by atoms with Gasteiger partial charge in [0, 0.05) is 19.6 Å². The van der Waals surface area contributed by atoms with Crippen LogP contribution >= 0.6 is 0 Å². The van der Waals surface area contributed by atoms with Crippen molar-refractivity contribution in [2.45, 2.75) is 44.6 Å². The first-order valence-electron chi connectivity index (χ1n) is 10.0. The van der Waals surface area contributed by atoms with E-state index in [4.69, 9.17) is 4.74 Å². The van der Waals surface area contributed by atoms with Gasteiger partial charge in [-0.05, 0) is 37.9 Å². The number of hydrogen-bond acceptors (Lipinski definition) is 5. The lowest BCUT2D eigenvalue weighted by molar-refractivity contribution is -0.123. The minimum absolute atomic E-state index is 0.112. The molecule has 7 nitrogen and oxygen atoms in total. The SMILES string of the molecule is CC[C@@H](C)[C@H](NS(=O)(=O)c1ccc(C)cc1)C(=O)NCCCN1CCOCC1. The monoisotopic (exact) mass is 411 g/mol. The van der Waals surface area contributed by atoms with Crippen molar-refractivity contribution in [3.8, 4) is 0 Å². The molecule has 2 atom stereocenters. The van der Waals surface area contributed by atoms with Gasteiger partial charge in [-0.25, -0.2) is 8.42 Å². The number of amides is 1. The molecule has 8 heteroatoms. The van der Waals surface area contributed by atoms with Gasteiger partial charge in [0.15, 0.2) is 0 Å². The van der Waals surface area contributed by atoms with Gasteiger partial charge in [-0.15, -0.1) is 0 Å². The quantitative estimate of drug-likeness (QED) is 0.570. The number of aryl methyl sites for hydroxylation is 1. The summed E-state index contributed by atoms with van der Waals surface area (Å²) in [5, 5.41) is 2.90. The summed E-state index contributed by atoms with van der Waals surface area (Å²) in [6, 6.07) is 5.83. The second-order valence-electron chi connectivity index (χ2n) is 7.40. The fourth-order valence-corrected chi connectivity index (χ4v) is 4.37. The molecule has 1 heterocycles. The number of morpholine rings is 1. The zero-order chi connectivity index (χ0) is 20.6. The van der Waals surface area contributed by atoms with E-state index in [0.29, 0.717) is 13.0 Å². The smallest absolute Gasteiger partial charge is 0.241 e. The van der Waals surface area contributed by atoms with E-state index in [9.17, 15) is 13.2 Å². The van der Waals surface area contributed by atoms with Crippen LogP contribution in [0.2, 0.25) is 0 Å². The highest BCUT2D eigenvalue weighted by Crippen LogP contribution is 2.15. The minimum Gasteiger partial charge on any atom is -0.379 e. The average molecular weight is 412 g/mol. The van der Waals surface area contributed by atoms with Gasteiger partial charge in [-0.2, -0.15) is 4.72 Å². The van der Waals surface area contributed by atoms with E-state index in [1.165, 1.54) is 0 Å². The maximum atomic E-state index is 12.7. The largest absolute Gasteiger partial charge is 0.379 e. The highest BCUT2D eigenvalue weighted by Gasteiger charge is 2.29. The van der Waals surface area contributed by atoms with Crippen LogP contribution in [0, 0.1) is 12.8 Å². The molecule has 0 spiro atoms. The Bertz CT molecular complexity index is 715. The summed E-state index contributed by atoms with van der Waals surface area (Å²) in [6.45, 7) is 10.5. The number of sulfonamides is 1. The van der Waals surface area contributed by atoms with E-state index in [1.54, 1.807) is 24.3 Å². The molecular formula is C20H33N3O4S. The van der Waals surface area contributed by atoms with Crippen molar-refractivity contribution in [2.75, 3.05) is 39.4 Å². The number of benzene rings is 1. The van der Waals surface area contributed by atoms with Gasteiger partial charge in [0.1, 0.15) is 6.04 Å². The lowest BCUT2D eigenvalue weighted by Gasteiger charge is -2.27. The molecular weight excluding hydrogens is 378 g/mol. The normalized spacial score (nSPS) is 17.8. The maximum Gasteiger partial charge on any atom is 0.241 e. The Labute approximate surface area is 168 Å². The number of hydrogen-bond donors (Lipinski definition) is 2. The molecule has 0 bridgehead atoms. The van der Waals surface area contributed by atoms with E-state index in [2.05, 4.69) is 14.9 Å². The van der Waals surface area contributed by atoms with E-state index >= 15 is 0 Å². The number of nitrogens with one attached hydrogen (secondary N) is 2. The summed E-state index contributed by atoms with van der Waals surface area (Å²) < 4.78 is 33.3. The summed E-state index contributed by atoms with van der Waals surface area (Å²) >= 11 is 0. The molecule has 2 rings (SSSR count). The van der Waals surface area contributed by atoms with E-state index in [1.807, 2.05) is 20.8 Å². The Morgan fingerprint density at radius 3 is 2.46 bits per heavy atom. The van der Waals surface area contributed by atoms with Crippen LogP contribution in [-0.4, -0.2) is 64.7 Å². The molecule has 1 saturated heterocycles. The van der Waals surface area contributed by atoms with E-state index < -0.39 is 16.1 Å². The molecule has 1 aromatic rings. The van der Waals surface area contributed by atoms with Crippen molar-refractivity contribution in [3.05, 3.63) is 29.8 Å². The number of carbonyl (C=O) groups is 1. The Morgan fingerprint density at radius 1 is 1.21 bits per heavy atom. The number of ether oxygens (including phenoxy) is 1. The summed E-state index contributed by atoms with van der Waals surface area (Å²) in [5.41, 5.74) is 0.982. The number of rotatable bonds is 10. The average Bonchev–Trinajstić information content (AvgIpc) is 2.70. The van der Waals surface area contributed by atoms with E-state index in [-0.39, 0.29) is 16.7 Å². The fourth-order valence-electron chi connectivity index (χ4n) is 3.07. The van der Waals surface area contributed by atoms with Crippen molar-refractivity contribution >= 4 is 15.9 Å². The van der Waals surface area contributed by atoms with Crippen LogP contribution in [0.4, 0.5) is 0 Å². The van der Waals surface area contributed by atoms with Crippen molar-refractivity contribution in [1.82, 2.24) is 14.9 Å². The summed E-state index contributed by atoms with van der Waals surface area (Å²) in [4.78, 5) is 15.2. The zero-order valence-electron chi connectivity index (χ0n) is 17.1. The first-order chi connectivity index (χ1) is 13.3. The van der Waals surface area contributed by atoms with Gasteiger partial charge in [-0.1, -0.05) is 38.0 Å². The Kier molecular flexibility index (Phi) is 8.88.